The third-order valence-electron chi connectivity index (χ3n) is 4.76. The smallest absolute Gasteiger partial charge is 0.141 e. The highest BCUT2D eigenvalue weighted by molar-refractivity contribution is 5.81. The Bertz CT molecular complexity index is 1120. The molecule has 0 aliphatic heterocycles. The summed E-state index contributed by atoms with van der Waals surface area (Å²) in [6.45, 7) is 9.98. The van der Waals surface area contributed by atoms with E-state index in [1.165, 1.54) is 12.2 Å². The van der Waals surface area contributed by atoms with Gasteiger partial charge in [-0.25, -0.2) is 17.7 Å². The van der Waals surface area contributed by atoms with Crippen LogP contribution in [0.3, 0.4) is 0 Å². The van der Waals surface area contributed by atoms with E-state index in [0.29, 0.717) is 97.0 Å². The number of nitrogens with one attached hydrogen (secondary N) is 1. The van der Waals surface area contributed by atoms with Crippen molar-refractivity contribution in [2.75, 3.05) is 96.0 Å². The minimum atomic E-state index is 0. The number of rotatable bonds is 20. The van der Waals surface area contributed by atoms with Gasteiger partial charge in [0.1, 0.15) is 23.3 Å². The maximum atomic E-state index is 8.73. The summed E-state index contributed by atoms with van der Waals surface area (Å²) >= 11 is 0. The molecule has 0 saturated heterocycles. The second-order valence-electron chi connectivity index (χ2n) is 9.27. The number of nitrogens with zero attached hydrogens (tertiary/aromatic N) is 9. The predicted octanol–water partition coefficient (Wildman–Crippen LogP) is 0.321. The molecule has 0 amide bonds. The van der Waals surface area contributed by atoms with E-state index in [1.807, 2.05) is 23.7 Å². The molecule has 0 aliphatic carbocycles. The Kier molecular flexibility index (Phi) is 185. The van der Waals surface area contributed by atoms with E-state index in [4.69, 9.17) is 89.8 Å². The van der Waals surface area contributed by atoms with E-state index in [9.17, 15) is 0 Å². The van der Waals surface area contributed by atoms with Gasteiger partial charge in [-0.3, -0.25) is 15.7 Å². The number of allylic oxidation sites excluding steroid dienone is 2. The summed E-state index contributed by atoms with van der Waals surface area (Å²) in [5.74, 6) is 11.6. The normalized spacial score (nSPS) is 8.69. The molecule has 0 aromatic heterocycles. The van der Waals surface area contributed by atoms with Gasteiger partial charge in [-0.1, -0.05) is 28.6 Å². The number of methoxy groups -OCH3 is 6. The Labute approximate surface area is 395 Å². The average Bonchev–Trinajstić information content (AvgIpc) is 3.39. The molecule has 396 valence electrons. The van der Waals surface area contributed by atoms with Gasteiger partial charge in [0.15, 0.2) is 0 Å². The minimum Gasteiger partial charge on any atom is -0.870 e. The van der Waals surface area contributed by atoms with Gasteiger partial charge >= 0.3 is 0 Å². The Morgan fingerprint density at radius 1 is 0.522 bits per heavy atom. The molecule has 31 nitrogen and oxygen atoms in total. The maximum Gasteiger partial charge on any atom is 0.141 e. The molecule has 0 bridgehead atoms. The number of aliphatic hydroxyl groups is 1. The molecule has 22 N–H and O–H groups in total. The lowest BCUT2D eigenvalue weighted by atomic mass is 10.2. The van der Waals surface area contributed by atoms with E-state index in [2.05, 4.69) is 75.0 Å². The fraction of sp³-hybridized carbons (Fsp3) is 0.639. The average molecular weight is 978 g/mol. The number of oxime groups is 3. The highest BCUT2D eigenvalue weighted by Crippen LogP contribution is 1.96. The summed E-state index contributed by atoms with van der Waals surface area (Å²) < 4.78 is 27.8. The van der Waals surface area contributed by atoms with Crippen LogP contribution in [0.5, 0.6) is 0 Å². The van der Waals surface area contributed by atoms with Crippen LogP contribution >= 0.6 is 0 Å². The summed E-state index contributed by atoms with van der Waals surface area (Å²) in [7, 11) is 10.5. The zero-order chi connectivity index (χ0) is 54.4. The predicted molar refractivity (Wildman–Crippen MR) is 247 cm³/mol. The number of unbranched alkanes of at least 4 members (excludes halogenated alkanes) is 1. The molecular formula is C36H81N16O15-. The number of hydrogen-bond donors (Lipinski definition) is 15. The van der Waals surface area contributed by atoms with Gasteiger partial charge in [-0.15, -0.1) is 0 Å². The Balaban J connectivity index is -0.0000000459. The highest BCUT2D eigenvalue weighted by Gasteiger charge is 1.97. The number of nitriles is 5. The molecule has 0 aliphatic rings. The van der Waals surface area contributed by atoms with E-state index in [0.717, 1.165) is 20.0 Å². The van der Waals surface area contributed by atoms with Crippen LogP contribution in [0, 0.1) is 56.7 Å². The van der Waals surface area contributed by atoms with Crippen molar-refractivity contribution in [1.82, 2.24) is 5.48 Å². The van der Waals surface area contributed by atoms with Crippen LogP contribution in [0.1, 0.15) is 57.8 Å². The summed E-state index contributed by atoms with van der Waals surface area (Å²) in [4.78, 5) is 4.13. The zero-order valence-electron chi connectivity index (χ0n) is 39.8. The lowest BCUT2D eigenvalue weighted by molar-refractivity contribution is 0.195. The fourth-order valence-electron chi connectivity index (χ4n) is 2.01. The molecule has 0 fully saturated rings. The molecule has 31 heteroatoms. The van der Waals surface area contributed by atoms with Gasteiger partial charge in [-0.05, 0) is 12.8 Å². The van der Waals surface area contributed by atoms with Crippen molar-refractivity contribution >= 4 is 23.3 Å². The third-order valence-corrected chi connectivity index (χ3v) is 4.76. The van der Waals surface area contributed by atoms with Crippen molar-refractivity contribution in [3.63, 3.8) is 0 Å². The van der Waals surface area contributed by atoms with Crippen LogP contribution in [0.2, 0.25) is 0 Å². The first-order chi connectivity index (χ1) is 31.9. The van der Waals surface area contributed by atoms with Crippen molar-refractivity contribution < 1.29 is 75.5 Å². The lowest BCUT2D eigenvalue weighted by Crippen LogP contribution is -2.21. The van der Waals surface area contributed by atoms with Gasteiger partial charge in [0.25, 0.3) is 0 Å². The van der Waals surface area contributed by atoms with Crippen LogP contribution in [0.15, 0.2) is 45.8 Å². The van der Waals surface area contributed by atoms with Gasteiger partial charge in [0.2, 0.25) is 0 Å². The fourth-order valence-corrected chi connectivity index (χ4v) is 2.01. The second-order valence-corrected chi connectivity index (χ2v) is 9.27. The molecule has 67 heavy (non-hydrogen) atoms. The molecular weight excluding hydrogens is 896 g/mol. The number of amidine groups is 4. The molecule has 0 heterocycles. The Morgan fingerprint density at radius 3 is 0.970 bits per heavy atom. The second kappa shape index (κ2) is 131. The van der Waals surface area contributed by atoms with Gasteiger partial charge in [-0.2, -0.15) is 26.3 Å². The van der Waals surface area contributed by atoms with E-state index in [-0.39, 0.29) is 23.0 Å². The number of ether oxygens (including phenoxy) is 6. The quantitative estimate of drug-likeness (QED) is 0.0195. The number of nitrogens with two attached hydrogens (primary N) is 6. The van der Waals surface area contributed by atoms with E-state index < -0.39 is 0 Å². The molecule has 0 saturated carbocycles. The number of hydrogen-bond acceptors (Lipinski definition) is 27. The summed E-state index contributed by atoms with van der Waals surface area (Å²) in [6.07, 6.45) is 7.51. The SMILES string of the molecule is C=CC#N.C=CC#N.CO.COCC/C(N)=N/O.COCC/C(N)=N/O.COCCC#N.COCCC#N.COCCC#N.COCCC(=NCCCC/C(N)=N/O)NO.NO.NO.NO.[OH-]. The molecule has 0 radical (unpaired) electrons. The maximum absolute atomic E-state index is 8.73. The van der Waals surface area contributed by atoms with Crippen molar-refractivity contribution in [1.29, 1.82) is 26.3 Å². The van der Waals surface area contributed by atoms with Gasteiger partial charge in [0.05, 0.1) is 89.2 Å². The van der Waals surface area contributed by atoms with Crippen molar-refractivity contribution in [3.8, 4) is 30.3 Å². The minimum absolute atomic E-state index is 0. The van der Waals surface area contributed by atoms with Crippen LogP contribution in [-0.2, 0) is 28.4 Å². The number of aliphatic hydroxyl groups excluding tert-OH is 1. The van der Waals surface area contributed by atoms with Crippen LogP contribution < -0.4 is 40.4 Å². The summed E-state index contributed by atoms with van der Waals surface area (Å²) in [5, 5.41) is 106. The molecule has 0 atom stereocenters. The Morgan fingerprint density at radius 2 is 0.776 bits per heavy atom. The first-order valence-electron chi connectivity index (χ1n) is 18.0. The first kappa shape index (κ1) is 95.0. The number of hydroxylamine groups is 1. The molecule has 0 aromatic rings. The van der Waals surface area contributed by atoms with Crippen molar-refractivity contribution in [3.05, 3.63) is 25.3 Å². The topological polar surface area (TPSA) is 584 Å². The van der Waals surface area contributed by atoms with E-state index >= 15 is 0 Å². The molecule has 0 spiro atoms. The molecule has 0 aromatic carbocycles. The van der Waals surface area contributed by atoms with Crippen LogP contribution in [0.25, 0.3) is 0 Å². The monoisotopic (exact) mass is 978 g/mol. The molecule has 0 unspecified atom stereocenters. The van der Waals surface area contributed by atoms with E-state index in [1.54, 1.807) is 54.8 Å². The zero-order valence-corrected chi connectivity index (χ0v) is 39.8. The summed E-state index contributed by atoms with van der Waals surface area (Å²) in [5.41, 5.74) is 17.5. The van der Waals surface area contributed by atoms with Crippen molar-refractivity contribution in [2.24, 2.45) is 55.4 Å². The van der Waals surface area contributed by atoms with Crippen LogP contribution in [0.4, 0.5) is 0 Å². The van der Waals surface area contributed by atoms with Crippen molar-refractivity contribution in [2.45, 2.75) is 57.8 Å². The largest absolute Gasteiger partial charge is 0.870 e. The van der Waals surface area contributed by atoms with Gasteiger partial charge < -0.3 is 87.4 Å². The van der Waals surface area contributed by atoms with Gasteiger partial charge in [0, 0.05) is 94.1 Å². The third kappa shape index (κ3) is 186. The Hall–Kier alpha value is -6.39. The summed E-state index contributed by atoms with van der Waals surface area (Å²) in [6, 6.07) is 9.22. The molecule has 0 rings (SSSR count). The standard InChI is InChI=1S/C9H20N4O3.2C4H10N2O2.3C4H7NO.2C3H3N.CH4O.3H3NO.H2O/c1-16-7-5-9(13-15)11-6-3-2-4-8(10)12-14;2*1-8-3-2-4(5)6-7;3*1-6-4-2-3-5;2*1-2-3-4;4*1-2;/h14-15H,2-7H2,1H3,(H2,10,12)(H,11,13);2*7H,2-3H2,1H3,(H2,5,6);3*2,4H2,1H3;2*2H,1H2;2H,1H3;3*2H,1H2;1H2/p-1. The first-order valence-corrected chi connectivity index (χ1v) is 18.0. The lowest BCUT2D eigenvalue weighted by Gasteiger charge is -2.04. The van der Waals surface area contributed by atoms with Crippen LogP contribution in [-0.4, -0.2) is 166 Å². The number of aliphatic imine (C=N–C) groups is 1. The highest BCUT2D eigenvalue weighted by atomic mass is 16.5.